The lowest BCUT2D eigenvalue weighted by atomic mass is 9.79. The lowest BCUT2D eigenvalue weighted by molar-refractivity contribution is -0.141. The molecule has 0 aromatic carbocycles. The van der Waals surface area contributed by atoms with Crippen molar-refractivity contribution in [1.29, 1.82) is 0 Å². The van der Waals surface area contributed by atoms with Gasteiger partial charge in [-0.15, -0.1) is 0 Å². The Morgan fingerprint density at radius 3 is 2.50 bits per heavy atom. The maximum absolute atomic E-state index is 13.1. The second-order valence-corrected chi connectivity index (χ2v) is 8.50. The molecule has 32 heavy (non-hydrogen) atoms. The Morgan fingerprint density at radius 1 is 1.03 bits per heavy atom. The molecule has 0 aliphatic carbocycles. The summed E-state index contributed by atoms with van der Waals surface area (Å²) in [6.07, 6.45) is -3.02. The van der Waals surface area contributed by atoms with Crippen molar-refractivity contribution < 1.29 is 22.0 Å². The lowest BCUT2D eigenvalue weighted by Gasteiger charge is -2.48. The molecule has 0 amide bonds. The van der Waals surface area contributed by atoms with Crippen LogP contribution >= 0.6 is 0 Å². The van der Waals surface area contributed by atoms with E-state index in [9.17, 15) is 22.0 Å². The minimum atomic E-state index is -4.52. The Balaban J connectivity index is 1.30. The first-order valence-electron chi connectivity index (χ1n) is 10.1. The molecular formula is C20H20F5N7. The Morgan fingerprint density at radius 2 is 1.78 bits per heavy atom. The maximum Gasteiger partial charge on any atom is 0.433 e. The Bertz CT molecular complexity index is 1150. The number of hydrogen-bond donors (Lipinski definition) is 0. The SMILES string of the molecule is Cc1nc(N2CC3(CCN(c4cc5c(cn4)cnn5CC(F)F)C3)C2)cc(C(F)(F)F)n1. The van der Waals surface area contributed by atoms with Crippen molar-refractivity contribution in [2.75, 3.05) is 36.0 Å². The molecule has 5 rings (SSSR count). The van der Waals surface area contributed by atoms with E-state index in [-0.39, 0.29) is 17.1 Å². The molecule has 7 nitrogen and oxygen atoms in total. The summed E-state index contributed by atoms with van der Waals surface area (Å²) in [6.45, 7) is 3.55. The Kier molecular flexibility index (Phi) is 4.71. The van der Waals surface area contributed by atoms with Crippen LogP contribution in [0.5, 0.6) is 0 Å². The van der Waals surface area contributed by atoms with Gasteiger partial charge in [0.05, 0.1) is 11.7 Å². The van der Waals surface area contributed by atoms with Gasteiger partial charge in [-0.25, -0.2) is 23.7 Å². The van der Waals surface area contributed by atoms with Crippen LogP contribution in [0.2, 0.25) is 0 Å². The van der Waals surface area contributed by atoms with E-state index in [1.54, 1.807) is 12.3 Å². The molecule has 5 heterocycles. The van der Waals surface area contributed by atoms with Crippen LogP contribution in [0.15, 0.2) is 24.5 Å². The van der Waals surface area contributed by atoms with Gasteiger partial charge in [0, 0.05) is 55.3 Å². The van der Waals surface area contributed by atoms with Gasteiger partial charge in [0.25, 0.3) is 6.43 Å². The first kappa shape index (κ1) is 20.8. The number of pyridine rings is 1. The fourth-order valence-electron chi connectivity index (χ4n) is 4.58. The van der Waals surface area contributed by atoms with Gasteiger partial charge < -0.3 is 9.80 Å². The number of aromatic nitrogens is 5. The summed E-state index contributed by atoms with van der Waals surface area (Å²) in [5.41, 5.74) is -0.411. The first-order chi connectivity index (χ1) is 15.1. The second-order valence-electron chi connectivity index (χ2n) is 8.50. The molecule has 2 fully saturated rings. The molecule has 170 valence electrons. The van der Waals surface area contributed by atoms with Crippen LogP contribution in [0, 0.1) is 12.3 Å². The number of rotatable bonds is 4. The van der Waals surface area contributed by atoms with Crippen LogP contribution in [0.1, 0.15) is 17.9 Å². The van der Waals surface area contributed by atoms with E-state index in [1.165, 1.54) is 17.8 Å². The Labute approximate surface area is 179 Å². The smallest absolute Gasteiger partial charge is 0.356 e. The molecule has 12 heteroatoms. The zero-order valence-electron chi connectivity index (χ0n) is 17.1. The largest absolute Gasteiger partial charge is 0.433 e. The van der Waals surface area contributed by atoms with Gasteiger partial charge in [-0.1, -0.05) is 0 Å². The number of alkyl halides is 5. The number of hydrogen-bond acceptors (Lipinski definition) is 6. The van der Waals surface area contributed by atoms with E-state index in [1.807, 2.05) is 4.90 Å². The summed E-state index contributed by atoms with van der Waals surface area (Å²) in [7, 11) is 0. The van der Waals surface area contributed by atoms with Gasteiger partial charge >= 0.3 is 6.18 Å². The van der Waals surface area contributed by atoms with Crippen molar-refractivity contribution in [3.63, 3.8) is 0 Å². The normalized spacial score (nSPS) is 18.2. The molecule has 2 aliphatic heterocycles. The molecule has 0 unspecified atom stereocenters. The topological polar surface area (TPSA) is 63.0 Å². The van der Waals surface area contributed by atoms with E-state index in [4.69, 9.17) is 0 Å². The molecule has 0 saturated carbocycles. The van der Waals surface area contributed by atoms with Crippen molar-refractivity contribution in [2.24, 2.45) is 5.41 Å². The van der Waals surface area contributed by atoms with Crippen molar-refractivity contribution >= 4 is 22.5 Å². The van der Waals surface area contributed by atoms with Gasteiger partial charge in [0.15, 0.2) is 0 Å². The van der Waals surface area contributed by atoms with E-state index < -0.39 is 24.8 Å². The van der Waals surface area contributed by atoms with Crippen LogP contribution in [-0.2, 0) is 12.7 Å². The zero-order chi connectivity index (χ0) is 22.7. The van der Waals surface area contributed by atoms with E-state index in [0.717, 1.165) is 19.0 Å². The summed E-state index contributed by atoms with van der Waals surface area (Å²) in [4.78, 5) is 16.1. The second kappa shape index (κ2) is 7.24. The highest BCUT2D eigenvalue weighted by atomic mass is 19.4. The fourth-order valence-corrected chi connectivity index (χ4v) is 4.58. The molecule has 0 atom stereocenters. The minimum absolute atomic E-state index is 0.0723. The maximum atomic E-state index is 13.1. The van der Waals surface area contributed by atoms with E-state index in [0.29, 0.717) is 36.4 Å². The molecular weight excluding hydrogens is 433 g/mol. The molecule has 3 aromatic heterocycles. The minimum Gasteiger partial charge on any atom is -0.356 e. The number of anilines is 2. The third-order valence-electron chi connectivity index (χ3n) is 6.08. The highest BCUT2D eigenvalue weighted by Gasteiger charge is 2.49. The van der Waals surface area contributed by atoms with Crippen LogP contribution in [0.25, 0.3) is 10.9 Å². The quantitative estimate of drug-likeness (QED) is 0.564. The summed E-state index contributed by atoms with van der Waals surface area (Å²) >= 11 is 0. The van der Waals surface area contributed by atoms with E-state index >= 15 is 0 Å². The highest BCUT2D eigenvalue weighted by molar-refractivity contribution is 5.80. The molecule has 0 bridgehead atoms. The summed E-state index contributed by atoms with van der Waals surface area (Å²) in [5.74, 6) is 1.05. The third kappa shape index (κ3) is 3.71. The van der Waals surface area contributed by atoms with Crippen molar-refractivity contribution in [3.05, 3.63) is 36.0 Å². The molecule has 3 aromatic rings. The third-order valence-corrected chi connectivity index (χ3v) is 6.08. The number of fused-ring (bicyclic) bond motifs is 1. The van der Waals surface area contributed by atoms with Crippen molar-refractivity contribution in [1.82, 2.24) is 24.7 Å². The standard InChI is InChI=1S/C20H20F5N7/c1-12-28-15(20(23,24)25)5-18(29-12)31-10-19(11-31)2-3-30(9-19)17-4-14-13(6-26-17)7-27-32(14)8-16(21)22/h4-7,16H,2-3,8-11H2,1H3. The molecule has 0 N–H and O–H groups in total. The zero-order valence-corrected chi connectivity index (χ0v) is 17.1. The van der Waals surface area contributed by atoms with Crippen LogP contribution < -0.4 is 9.80 Å². The predicted molar refractivity (Wildman–Crippen MR) is 107 cm³/mol. The van der Waals surface area contributed by atoms with E-state index in [2.05, 4.69) is 25.0 Å². The highest BCUT2D eigenvalue weighted by Crippen LogP contribution is 2.43. The number of aryl methyl sites for hydroxylation is 1. The molecule has 0 radical (unpaired) electrons. The first-order valence-corrected chi connectivity index (χ1v) is 10.1. The molecule has 1 spiro atoms. The molecule has 2 aliphatic rings. The van der Waals surface area contributed by atoms with Crippen molar-refractivity contribution in [3.8, 4) is 0 Å². The van der Waals surface area contributed by atoms with Crippen LogP contribution in [0.4, 0.5) is 33.6 Å². The average molecular weight is 453 g/mol. The van der Waals surface area contributed by atoms with Gasteiger partial charge in [-0.05, 0) is 13.3 Å². The summed E-state index contributed by atoms with van der Waals surface area (Å²) in [5, 5.41) is 4.71. The predicted octanol–water partition coefficient (Wildman–Crippen LogP) is 3.53. The van der Waals surface area contributed by atoms with Crippen LogP contribution in [0.3, 0.4) is 0 Å². The summed E-state index contributed by atoms with van der Waals surface area (Å²) < 4.78 is 66.1. The lowest BCUT2D eigenvalue weighted by Crippen LogP contribution is -2.58. The number of nitrogens with zero attached hydrogens (tertiary/aromatic N) is 7. The monoisotopic (exact) mass is 453 g/mol. The average Bonchev–Trinajstić information content (AvgIpc) is 3.30. The fraction of sp³-hybridized carbons (Fsp3) is 0.500. The Hall–Kier alpha value is -3.05. The van der Waals surface area contributed by atoms with Gasteiger partial charge in [0.2, 0.25) is 0 Å². The van der Waals surface area contributed by atoms with Crippen LogP contribution in [-0.4, -0.2) is 57.3 Å². The molecule has 2 saturated heterocycles. The van der Waals surface area contributed by atoms with Gasteiger partial charge in [0.1, 0.15) is 29.7 Å². The summed E-state index contributed by atoms with van der Waals surface area (Å²) in [6, 6.07) is 2.76. The van der Waals surface area contributed by atoms with Crippen molar-refractivity contribution in [2.45, 2.75) is 32.5 Å². The number of halogens is 5. The van der Waals surface area contributed by atoms with Gasteiger partial charge in [-0.2, -0.15) is 18.3 Å². The van der Waals surface area contributed by atoms with Gasteiger partial charge in [-0.3, -0.25) is 4.68 Å².